The molecule has 0 radical (unpaired) electrons. The molecule has 2 aliphatic rings. The summed E-state index contributed by atoms with van der Waals surface area (Å²) in [5.41, 5.74) is -2.45. The molecule has 454 valence electrons. The number of sulfonamides is 1. The summed E-state index contributed by atoms with van der Waals surface area (Å²) in [6.07, 6.45) is 1.97. The number of nitrogens with one attached hydrogen (secondary N) is 2. The highest BCUT2D eigenvalue weighted by Gasteiger charge is 2.49. The van der Waals surface area contributed by atoms with Gasteiger partial charge in [0.2, 0.25) is 5.85 Å². The number of carbonyl (C=O) groups excluding carboxylic acids is 1. The van der Waals surface area contributed by atoms with Crippen molar-refractivity contribution in [3.63, 3.8) is 0 Å². The third-order valence-electron chi connectivity index (χ3n) is 14.8. The van der Waals surface area contributed by atoms with Crippen molar-refractivity contribution >= 4 is 89.4 Å². The van der Waals surface area contributed by atoms with Crippen LogP contribution in [0.15, 0.2) is 135 Å². The van der Waals surface area contributed by atoms with Crippen molar-refractivity contribution in [2.45, 2.75) is 96.4 Å². The maximum absolute atomic E-state index is 15.8. The average molecular weight is 1280 g/mol. The number of hydrogen-bond donors (Lipinski definition) is 4. The number of nitrogens with zero attached hydrogens (tertiary/aromatic N) is 4. The molecule has 0 saturated carbocycles. The number of piperazine rings is 1. The zero-order valence-electron chi connectivity index (χ0n) is 46.6. The van der Waals surface area contributed by atoms with Crippen molar-refractivity contribution in [1.29, 1.82) is 0 Å². The predicted molar refractivity (Wildman–Crippen MR) is 320 cm³/mol. The molecule has 17 nitrogen and oxygen atoms in total. The predicted octanol–water partition coefficient (Wildman–Crippen LogP) is 11.5. The van der Waals surface area contributed by atoms with Gasteiger partial charge >= 0.3 is 19.1 Å². The van der Waals surface area contributed by atoms with Gasteiger partial charge in [-0.3, -0.25) is 14.1 Å². The molecule has 1 unspecified atom stereocenters. The van der Waals surface area contributed by atoms with Gasteiger partial charge in [0, 0.05) is 95.1 Å². The highest BCUT2D eigenvalue weighted by atomic mass is 35.5. The molecular formula is C57H66ClF4N6O11PS4. The standard InChI is InChI=1S/C57H66ClF4N6O11PS4/c1-6-52(80(70,71)72)79-56(69)40-22-25-65(26-23-40)27-24-45(36-81-48-10-8-7-9-11-48)63-50-21-20-49(35-51(50)83(75,76)57(60,61)62)84(77,78)64-44-16-18-46(19-17-44)66-28-30-67(31-29-66)47-33-41(32-43(59)34-47)53-54(39-12-14-42(58)15-13-39)68(37(2)3)38(4)55(53)82(5,73)74/h7-21,32-35,37,40,45,52,63-64H,6,22-31,36H2,1-5H3,(H2,70,71,72)/t45-,52?/m1/s1. The van der Waals surface area contributed by atoms with Crippen molar-refractivity contribution in [2.75, 3.05) is 77.7 Å². The number of likely N-dealkylation sites (tertiary alicyclic amines) is 1. The molecule has 2 saturated heterocycles. The van der Waals surface area contributed by atoms with Gasteiger partial charge in [0.05, 0.1) is 27.1 Å². The van der Waals surface area contributed by atoms with Gasteiger partial charge < -0.3 is 39.1 Å². The van der Waals surface area contributed by atoms with Gasteiger partial charge in [-0.25, -0.2) is 29.6 Å². The fourth-order valence-electron chi connectivity index (χ4n) is 10.6. The van der Waals surface area contributed by atoms with Crippen LogP contribution < -0.4 is 19.8 Å². The Balaban J connectivity index is 0.963. The first kappa shape index (κ1) is 64.4. The summed E-state index contributed by atoms with van der Waals surface area (Å²) < 4.78 is 162. The first-order chi connectivity index (χ1) is 39.4. The number of carbonyl (C=O) groups is 1. The second-order valence-electron chi connectivity index (χ2n) is 21.1. The van der Waals surface area contributed by atoms with E-state index in [1.54, 1.807) is 49.4 Å². The summed E-state index contributed by atoms with van der Waals surface area (Å²) in [7, 11) is -19.4. The molecule has 0 bridgehead atoms. The van der Waals surface area contributed by atoms with Crippen LogP contribution in [0, 0.1) is 18.7 Å². The number of aromatic nitrogens is 1. The molecule has 2 atom stereocenters. The second kappa shape index (κ2) is 26.1. The van der Waals surface area contributed by atoms with E-state index in [4.69, 9.17) is 16.3 Å². The topological polar surface area (TPSA) is 225 Å². The van der Waals surface area contributed by atoms with E-state index in [0.717, 1.165) is 23.3 Å². The van der Waals surface area contributed by atoms with E-state index < -0.39 is 87.9 Å². The van der Waals surface area contributed by atoms with Crippen LogP contribution >= 0.6 is 31.0 Å². The lowest BCUT2D eigenvalue weighted by atomic mass is 9.96. The van der Waals surface area contributed by atoms with Crippen LogP contribution in [0.4, 0.5) is 40.3 Å². The van der Waals surface area contributed by atoms with Crippen molar-refractivity contribution in [3.8, 4) is 22.4 Å². The fourth-order valence-corrected chi connectivity index (χ4v) is 15.8. The molecule has 3 heterocycles. The number of piperidine rings is 1. The molecule has 2 aliphatic heterocycles. The Morgan fingerprint density at radius 3 is 2.01 bits per heavy atom. The molecule has 1 aromatic heterocycles. The summed E-state index contributed by atoms with van der Waals surface area (Å²) >= 11 is 7.62. The highest BCUT2D eigenvalue weighted by Crippen LogP contribution is 2.46. The van der Waals surface area contributed by atoms with Gasteiger partial charge in [-0.1, -0.05) is 48.9 Å². The number of thioether (sulfide) groups is 1. The van der Waals surface area contributed by atoms with Gasteiger partial charge in [0.25, 0.3) is 19.9 Å². The molecule has 6 aromatic rings. The SMILES string of the molecule is CCC(OC(=O)C1CCN(CC[C@H](CSc2ccccc2)Nc2ccc(S(=O)(=O)Nc3ccc(N4CCN(c5cc(F)cc(-c6c(S(C)(=O)=O)c(C)n(C(C)C)c6-c6ccc(Cl)cc6)c5)CC4)cc3)cc2S(=O)(=O)C(F)(F)F)CC1)P(=O)(O)O. The first-order valence-corrected chi connectivity index (χ1v) is 34.9. The highest BCUT2D eigenvalue weighted by molar-refractivity contribution is 7.99. The molecule has 2 fully saturated rings. The molecule has 0 amide bonds. The first-order valence-electron chi connectivity index (χ1n) is 27.0. The molecule has 4 N–H and O–H groups in total. The number of benzene rings is 5. The average Bonchev–Trinajstić information content (AvgIpc) is 1.68. The lowest BCUT2D eigenvalue weighted by molar-refractivity contribution is -0.153. The van der Waals surface area contributed by atoms with Crippen LogP contribution in [0.25, 0.3) is 22.4 Å². The monoisotopic (exact) mass is 1280 g/mol. The van der Waals surface area contributed by atoms with Crippen molar-refractivity contribution in [1.82, 2.24) is 9.47 Å². The zero-order chi connectivity index (χ0) is 61.1. The molecule has 0 aliphatic carbocycles. The number of esters is 1. The zero-order valence-corrected chi connectivity index (χ0v) is 51.5. The van der Waals surface area contributed by atoms with Gasteiger partial charge in [-0.2, -0.15) is 13.2 Å². The van der Waals surface area contributed by atoms with Gasteiger partial charge in [0.1, 0.15) is 10.7 Å². The van der Waals surface area contributed by atoms with E-state index in [-0.39, 0.29) is 35.2 Å². The maximum Gasteiger partial charge on any atom is 0.501 e. The summed E-state index contributed by atoms with van der Waals surface area (Å²) in [6, 6.07) is 28.5. The Morgan fingerprint density at radius 2 is 1.44 bits per heavy atom. The Labute approximate surface area is 496 Å². The van der Waals surface area contributed by atoms with Gasteiger partial charge in [0.15, 0.2) is 9.84 Å². The molecule has 5 aromatic carbocycles. The summed E-state index contributed by atoms with van der Waals surface area (Å²) in [6.45, 7) is 9.96. The van der Waals surface area contributed by atoms with Crippen molar-refractivity contribution in [2.24, 2.45) is 5.92 Å². The number of hydrogen-bond acceptors (Lipinski definition) is 14. The second-order valence-corrected chi connectivity index (χ2v) is 29.9. The van der Waals surface area contributed by atoms with E-state index >= 15 is 4.39 Å². The molecule has 84 heavy (non-hydrogen) atoms. The fraction of sp³-hybridized carbons (Fsp3) is 0.386. The number of alkyl halides is 3. The Hall–Kier alpha value is -5.63. The minimum absolute atomic E-state index is 0.0327. The Bertz CT molecular complexity index is 3730. The smallest absolute Gasteiger partial charge is 0.449 e. The quantitative estimate of drug-likeness (QED) is 0.0215. The molecule has 27 heteroatoms. The number of ether oxygens (including phenoxy) is 1. The maximum atomic E-state index is 15.8. The minimum atomic E-state index is -6.15. The van der Waals surface area contributed by atoms with Gasteiger partial charge in [-0.05, 0) is 156 Å². The van der Waals surface area contributed by atoms with Crippen LogP contribution in [0.1, 0.15) is 58.2 Å². The summed E-state index contributed by atoms with van der Waals surface area (Å²) in [5.74, 6) is -3.19. The van der Waals surface area contributed by atoms with Crippen LogP contribution in [0.5, 0.6) is 0 Å². The van der Waals surface area contributed by atoms with E-state index in [9.17, 15) is 57.6 Å². The van der Waals surface area contributed by atoms with E-state index in [1.165, 1.54) is 43.0 Å². The number of rotatable bonds is 22. The number of anilines is 4. The Kier molecular flexibility index (Phi) is 20.0. The van der Waals surface area contributed by atoms with E-state index in [0.29, 0.717) is 109 Å². The molecule has 0 spiro atoms. The van der Waals surface area contributed by atoms with E-state index in [2.05, 4.69) is 10.0 Å². The third-order valence-corrected chi connectivity index (χ3v) is 21.6. The van der Waals surface area contributed by atoms with Crippen molar-refractivity contribution < 1.29 is 66.7 Å². The summed E-state index contributed by atoms with van der Waals surface area (Å²) in [4.78, 5) is 36.8. The van der Waals surface area contributed by atoms with Crippen LogP contribution in [0.2, 0.25) is 5.02 Å². The van der Waals surface area contributed by atoms with E-state index in [1.807, 2.05) is 63.4 Å². The molecular weight excluding hydrogens is 1220 g/mol. The van der Waals surface area contributed by atoms with Crippen LogP contribution in [-0.2, 0) is 43.8 Å². The molecule has 8 rings (SSSR count). The van der Waals surface area contributed by atoms with Crippen molar-refractivity contribution in [3.05, 3.63) is 132 Å². The largest absolute Gasteiger partial charge is 0.501 e. The lowest BCUT2D eigenvalue weighted by Crippen LogP contribution is -2.46. The number of sulfone groups is 2. The lowest BCUT2D eigenvalue weighted by Gasteiger charge is -2.37. The van der Waals surface area contributed by atoms with Crippen LogP contribution in [-0.4, -0.2) is 126 Å². The van der Waals surface area contributed by atoms with Gasteiger partial charge in [-0.15, -0.1) is 11.8 Å². The number of halogens is 5. The Morgan fingerprint density at radius 1 is 0.821 bits per heavy atom. The third kappa shape index (κ3) is 15.1. The normalized spacial score (nSPS) is 16.0. The van der Waals surface area contributed by atoms with Crippen LogP contribution in [0.3, 0.4) is 0 Å². The minimum Gasteiger partial charge on any atom is -0.449 e. The summed E-state index contributed by atoms with van der Waals surface area (Å²) in [5, 5.41) is 3.47.